The number of H-pyrrole nitrogens is 1. The second-order valence-corrected chi connectivity index (χ2v) is 21.8. The molecule has 0 atom stereocenters. The van der Waals surface area contributed by atoms with Crippen LogP contribution >= 0.6 is 0 Å². The molecule has 12 aromatic heterocycles. The van der Waals surface area contributed by atoms with E-state index in [1.165, 1.54) is 0 Å². The number of amides is 3. The first-order chi connectivity index (χ1) is 46.2. The van der Waals surface area contributed by atoms with E-state index in [4.69, 9.17) is 24.4 Å². The van der Waals surface area contributed by atoms with Crippen molar-refractivity contribution in [3.05, 3.63) is 224 Å². The van der Waals surface area contributed by atoms with E-state index in [1.807, 2.05) is 126 Å². The second kappa shape index (κ2) is 30.4. The Kier molecular flexibility index (Phi) is 20.2. The van der Waals surface area contributed by atoms with Crippen LogP contribution in [0.5, 0.6) is 0 Å². The van der Waals surface area contributed by atoms with Gasteiger partial charge in [0.25, 0.3) is 17.7 Å². The van der Waals surface area contributed by atoms with E-state index in [1.54, 1.807) is 104 Å². The number of nitrogens with zero attached hydrogens (tertiary/aromatic N) is 15. The highest BCUT2D eigenvalue weighted by molar-refractivity contribution is 6.06. The summed E-state index contributed by atoms with van der Waals surface area (Å²) in [5.74, 6) is -0.944. The highest BCUT2D eigenvalue weighted by atomic mass is 16.5. The van der Waals surface area contributed by atoms with Crippen molar-refractivity contribution in [3.63, 3.8) is 0 Å². The number of aromatic amines is 1. The van der Waals surface area contributed by atoms with Crippen LogP contribution in [0.15, 0.2) is 202 Å². The fourth-order valence-electron chi connectivity index (χ4n) is 10.5. The number of carbonyl (C=O) groups is 3. The number of hydrogen-bond acceptors (Lipinski definition) is 18. The molecule has 0 bridgehead atoms. The molecular formula is C69H65N19O6. The summed E-state index contributed by atoms with van der Waals surface area (Å²) in [6.07, 6.45) is 22.7. The number of nitrogens with one attached hydrogen (secondary N) is 4. The normalized spacial score (nSPS) is 13.2. The Morgan fingerprint density at radius 3 is 1.44 bits per heavy atom. The lowest BCUT2D eigenvalue weighted by atomic mass is 10.1. The van der Waals surface area contributed by atoms with E-state index in [2.05, 4.69) is 71.1 Å². The van der Waals surface area contributed by atoms with Gasteiger partial charge in [0.2, 0.25) is 0 Å². The molecule has 3 amide bonds. The number of methoxy groups -OCH3 is 1. The van der Waals surface area contributed by atoms with Crippen LogP contribution in [0, 0.1) is 6.92 Å². The van der Waals surface area contributed by atoms with Gasteiger partial charge in [0.05, 0.1) is 82.2 Å². The van der Waals surface area contributed by atoms with Crippen molar-refractivity contribution in [2.75, 3.05) is 56.1 Å². The Balaban J connectivity index is 0.000000135. The van der Waals surface area contributed by atoms with Gasteiger partial charge in [0, 0.05) is 113 Å². The lowest BCUT2D eigenvalue weighted by Gasteiger charge is -2.22. The average Bonchev–Trinajstić information content (AvgIpc) is 1.93. The molecule has 2 saturated heterocycles. The SMILES string of the molecule is COCCn1cc(NC(=O)c2cccc(-c3cncc(C)c3)n2)c(-c2ccccn2)n1.O=C(Nc1cn(C2CCOCC2)nc1-c1ccccn1)c1cccc(-c2ccn[nH]2)n1.O=C(Nc1cn(C2CCOCC2)nc1-c1ccccn1)c1cccc(-c2ccncc2)n1. The predicted molar refractivity (Wildman–Crippen MR) is 352 cm³/mol. The number of rotatable bonds is 17. The van der Waals surface area contributed by atoms with Gasteiger partial charge in [-0.05, 0) is 135 Å². The van der Waals surface area contributed by atoms with E-state index in [0.717, 1.165) is 48.1 Å². The molecule has 472 valence electrons. The standard InChI is InChI=1S/C24H22N6O2.C23H22N6O2.C22H21N7O2/c31-24(21-6-3-5-19(27-21)17-7-12-25-13-8-17)28-22-16-30(18-9-14-32-15-10-18)29-23(22)20-4-1-2-11-26-20;1-16-12-17(14-24-13-16)18-7-5-8-20(26-18)23(30)27-21-15-29(10-11-31-2)28-22(21)19-6-3-4-9-25-19;30-22(19-6-3-5-16(25-19)17-7-11-24-27-17)26-20-14-29(15-8-12-31-13-9-15)28-21(20)18-4-1-2-10-23-18/h1-8,11-13,16,18H,9-10,14-15H2,(H,28,31);3-9,12-15H,10-11H2,1-2H3,(H,27,30);1-7,10-11,14-15H,8-9,12-13H2,(H,24,27)(H,26,30). The van der Waals surface area contributed by atoms with Crippen molar-refractivity contribution >= 4 is 34.8 Å². The van der Waals surface area contributed by atoms with Gasteiger partial charge in [-0.2, -0.15) is 20.4 Å². The smallest absolute Gasteiger partial charge is 0.274 e. The first kappa shape index (κ1) is 62.5. The molecule has 14 rings (SSSR count). The summed E-state index contributed by atoms with van der Waals surface area (Å²) in [7, 11) is 1.63. The topological polar surface area (TPSA) is 300 Å². The zero-order valence-corrected chi connectivity index (χ0v) is 51.4. The maximum Gasteiger partial charge on any atom is 0.274 e. The van der Waals surface area contributed by atoms with Crippen molar-refractivity contribution in [3.8, 4) is 68.1 Å². The van der Waals surface area contributed by atoms with Crippen molar-refractivity contribution in [1.82, 2.24) is 79.4 Å². The lowest BCUT2D eigenvalue weighted by Crippen LogP contribution is -2.20. The van der Waals surface area contributed by atoms with Gasteiger partial charge in [-0.1, -0.05) is 36.4 Å². The molecule has 94 heavy (non-hydrogen) atoms. The van der Waals surface area contributed by atoms with Gasteiger partial charge in [-0.15, -0.1) is 0 Å². The lowest BCUT2D eigenvalue weighted by molar-refractivity contribution is 0.0662. The first-order valence-electron chi connectivity index (χ1n) is 30.5. The van der Waals surface area contributed by atoms with E-state index >= 15 is 0 Å². The monoisotopic (exact) mass is 1260 g/mol. The molecule has 2 aliphatic heterocycles. The summed E-state index contributed by atoms with van der Waals surface area (Å²) in [6.45, 7) is 5.84. The van der Waals surface area contributed by atoms with Crippen LogP contribution in [0.3, 0.4) is 0 Å². The number of hydrogen-bond donors (Lipinski definition) is 4. The van der Waals surface area contributed by atoms with Gasteiger partial charge in [0.15, 0.2) is 0 Å². The number of ether oxygens (including phenoxy) is 3. The van der Waals surface area contributed by atoms with Crippen LogP contribution in [0.2, 0.25) is 0 Å². The third-order valence-corrected chi connectivity index (χ3v) is 15.2. The van der Waals surface area contributed by atoms with E-state index in [0.29, 0.717) is 125 Å². The van der Waals surface area contributed by atoms with Crippen molar-refractivity contribution in [2.45, 2.75) is 51.2 Å². The Hall–Kier alpha value is -11.7. The van der Waals surface area contributed by atoms with E-state index < -0.39 is 0 Å². The van der Waals surface area contributed by atoms with E-state index in [-0.39, 0.29) is 29.8 Å². The minimum atomic E-state index is -0.328. The van der Waals surface area contributed by atoms with Gasteiger partial charge in [-0.3, -0.25) is 58.4 Å². The number of aryl methyl sites for hydroxylation is 1. The Bertz CT molecular complexity index is 4460. The molecule has 0 aromatic carbocycles. The zero-order valence-electron chi connectivity index (χ0n) is 51.4. The minimum Gasteiger partial charge on any atom is -0.383 e. The number of aromatic nitrogens is 16. The highest BCUT2D eigenvalue weighted by Crippen LogP contribution is 2.33. The quantitative estimate of drug-likeness (QED) is 0.0658. The summed E-state index contributed by atoms with van der Waals surface area (Å²) in [5, 5.41) is 29.8. The average molecular weight is 1260 g/mol. The number of pyridine rings is 8. The molecule has 0 unspecified atom stereocenters. The second-order valence-electron chi connectivity index (χ2n) is 21.8. The minimum absolute atomic E-state index is 0.226. The Labute approximate surface area is 540 Å². The maximum absolute atomic E-state index is 13.1. The van der Waals surface area contributed by atoms with Gasteiger partial charge in [0.1, 0.15) is 34.2 Å². The molecule has 14 heterocycles. The molecule has 25 heteroatoms. The van der Waals surface area contributed by atoms with Gasteiger partial charge in [-0.25, -0.2) is 15.0 Å². The molecule has 0 spiro atoms. The summed E-state index contributed by atoms with van der Waals surface area (Å²) >= 11 is 0. The molecule has 25 nitrogen and oxygen atoms in total. The molecule has 12 aromatic rings. The van der Waals surface area contributed by atoms with Crippen LogP contribution < -0.4 is 16.0 Å². The number of carbonyl (C=O) groups excluding carboxylic acids is 3. The van der Waals surface area contributed by atoms with Gasteiger partial charge < -0.3 is 30.2 Å². The molecule has 4 N–H and O–H groups in total. The molecule has 0 saturated carbocycles. The molecule has 2 fully saturated rings. The van der Waals surface area contributed by atoms with Crippen LogP contribution in [0.25, 0.3) is 68.1 Å². The van der Waals surface area contributed by atoms with Crippen LogP contribution in [-0.2, 0) is 20.8 Å². The zero-order chi connectivity index (χ0) is 64.4. The fraction of sp³-hybridized carbons (Fsp3) is 0.203. The number of anilines is 3. The summed E-state index contributed by atoms with van der Waals surface area (Å²) in [5.41, 5.74) is 12.2. The fourth-order valence-corrected chi connectivity index (χ4v) is 10.5. The summed E-state index contributed by atoms with van der Waals surface area (Å²) in [4.78, 5) is 74.1. The molecule has 2 aliphatic rings. The third-order valence-electron chi connectivity index (χ3n) is 15.2. The van der Waals surface area contributed by atoms with Gasteiger partial charge >= 0.3 is 0 Å². The van der Waals surface area contributed by atoms with Crippen LogP contribution in [-0.4, -0.2) is 137 Å². The predicted octanol–water partition coefficient (Wildman–Crippen LogP) is 10.9. The van der Waals surface area contributed by atoms with Crippen molar-refractivity contribution in [2.24, 2.45) is 0 Å². The maximum atomic E-state index is 13.1. The van der Waals surface area contributed by atoms with Crippen LogP contribution in [0.4, 0.5) is 17.1 Å². The molecular weight excluding hydrogens is 1190 g/mol. The largest absolute Gasteiger partial charge is 0.383 e. The highest BCUT2D eigenvalue weighted by Gasteiger charge is 2.25. The van der Waals surface area contributed by atoms with Crippen LogP contribution in [0.1, 0.15) is 74.8 Å². The Morgan fingerprint density at radius 2 is 0.968 bits per heavy atom. The van der Waals surface area contributed by atoms with Crippen molar-refractivity contribution < 1.29 is 28.6 Å². The summed E-state index contributed by atoms with van der Waals surface area (Å²) < 4.78 is 21.6. The Morgan fingerprint density at radius 1 is 0.500 bits per heavy atom. The first-order valence-corrected chi connectivity index (χ1v) is 30.5. The molecule has 0 radical (unpaired) electrons. The summed E-state index contributed by atoms with van der Waals surface area (Å²) in [6, 6.07) is 40.8. The van der Waals surface area contributed by atoms with E-state index in [9.17, 15) is 14.4 Å². The van der Waals surface area contributed by atoms with Crippen molar-refractivity contribution in [1.29, 1.82) is 0 Å². The molecule has 0 aliphatic carbocycles. The third kappa shape index (κ3) is 15.7.